The summed E-state index contributed by atoms with van der Waals surface area (Å²) in [6.07, 6.45) is 1.64. The van der Waals surface area contributed by atoms with Gasteiger partial charge in [-0.1, -0.05) is 23.7 Å². The molecule has 5 heteroatoms. The molecule has 0 aliphatic carbocycles. The molecule has 0 aliphatic rings. The number of nitrogens with zero attached hydrogens (tertiary/aromatic N) is 3. The van der Waals surface area contributed by atoms with E-state index in [1.807, 2.05) is 31.2 Å². The Morgan fingerprint density at radius 2 is 1.95 bits per heavy atom. The predicted octanol–water partition coefficient (Wildman–Crippen LogP) is 2.80. The van der Waals surface area contributed by atoms with Gasteiger partial charge in [0.05, 0.1) is 11.9 Å². The fourth-order valence-electron chi connectivity index (χ4n) is 2.12. The quantitative estimate of drug-likeness (QED) is 0.727. The summed E-state index contributed by atoms with van der Waals surface area (Å²) in [7, 11) is 0. The standard InChI is InChI=1S/C15H12ClN3O/c1-10-18-14-13(3-2-8-17-14)15(20)19(10)9-11-4-6-12(16)7-5-11/h2-8H,9H2,1H3. The van der Waals surface area contributed by atoms with E-state index in [1.54, 1.807) is 22.9 Å². The van der Waals surface area contributed by atoms with E-state index < -0.39 is 0 Å². The predicted molar refractivity (Wildman–Crippen MR) is 79.1 cm³/mol. The van der Waals surface area contributed by atoms with Crippen LogP contribution in [0.15, 0.2) is 47.4 Å². The molecular weight excluding hydrogens is 274 g/mol. The Morgan fingerprint density at radius 1 is 1.20 bits per heavy atom. The van der Waals surface area contributed by atoms with Gasteiger partial charge in [-0.25, -0.2) is 9.97 Å². The number of aryl methyl sites for hydroxylation is 1. The molecule has 0 unspecified atom stereocenters. The molecule has 0 saturated carbocycles. The van der Waals surface area contributed by atoms with Crippen LogP contribution in [0.5, 0.6) is 0 Å². The molecule has 3 rings (SSSR count). The molecule has 1 aromatic carbocycles. The van der Waals surface area contributed by atoms with E-state index in [1.165, 1.54) is 0 Å². The van der Waals surface area contributed by atoms with Gasteiger partial charge in [0.15, 0.2) is 5.65 Å². The number of aromatic nitrogens is 3. The summed E-state index contributed by atoms with van der Waals surface area (Å²) >= 11 is 5.87. The summed E-state index contributed by atoms with van der Waals surface area (Å²) in [5.41, 5.74) is 1.42. The number of hydrogen-bond donors (Lipinski definition) is 0. The minimum absolute atomic E-state index is 0.0736. The van der Waals surface area contributed by atoms with Crippen molar-refractivity contribution in [3.05, 3.63) is 69.4 Å². The van der Waals surface area contributed by atoms with E-state index in [0.717, 1.165) is 5.56 Å². The van der Waals surface area contributed by atoms with Crippen molar-refractivity contribution in [3.8, 4) is 0 Å². The second-order valence-electron chi connectivity index (χ2n) is 4.55. The summed E-state index contributed by atoms with van der Waals surface area (Å²) in [5, 5.41) is 1.21. The number of fused-ring (bicyclic) bond motifs is 1. The average molecular weight is 286 g/mol. The van der Waals surface area contributed by atoms with Crippen LogP contribution in [0.1, 0.15) is 11.4 Å². The Kier molecular flexibility index (Phi) is 3.24. The zero-order valence-electron chi connectivity index (χ0n) is 10.9. The fraction of sp³-hybridized carbons (Fsp3) is 0.133. The maximum Gasteiger partial charge on any atom is 0.263 e. The molecule has 0 aliphatic heterocycles. The third-order valence-corrected chi connectivity index (χ3v) is 3.43. The van der Waals surface area contributed by atoms with Gasteiger partial charge >= 0.3 is 0 Å². The molecule has 0 radical (unpaired) electrons. The topological polar surface area (TPSA) is 47.8 Å². The van der Waals surface area contributed by atoms with Crippen molar-refractivity contribution in [1.29, 1.82) is 0 Å². The van der Waals surface area contributed by atoms with Crippen molar-refractivity contribution < 1.29 is 0 Å². The molecule has 0 fully saturated rings. The van der Waals surface area contributed by atoms with Gasteiger partial charge in [0.1, 0.15) is 5.82 Å². The largest absolute Gasteiger partial charge is 0.292 e. The first-order valence-corrected chi connectivity index (χ1v) is 6.59. The first-order chi connectivity index (χ1) is 9.65. The van der Waals surface area contributed by atoms with Crippen molar-refractivity contribution in [1.82, 2.24) is 14.5 Å². The lowest BCUT2D eigenvalue weighted by atomic mass is 10.2. The highest BCUT2D eigenvalue weighted by Gasteiger charge is 2.08. The van der Waals surface area contributed by atoms with E-state index in [9.17, 15) is 4.79 Å². The van der Waals surface area contributed by atoms with Crippen LogP contribution in [0.3, 0.4) is 0 Å². The average Bonchev–Trinajstić information content (AvgIpc) is 2.45. The summed E-state index contributed by atoms with van der Waals surface area (Å²) in [5.74, 6) is 0.649. The van der Waals surface area contributed by atoms with Crippen LogP contribution in [-0.4, -0.2) is 14.5 Å². The van der Waals surface area contributed by atoms with Crippen LogP contribution in [-0.2, 0) is 6.54 Å². The summed E-state index contributed by atoms with van der Waals surface area (Å²) in [6.45, 7) is 2.28. The highest BCUT2D eigenvalue weighted by Crippen LogP contribution is 2.11. The van der Waals surface area contributed by atoms with E-state index in [4.69, 9.17) is 11.6 Å². The Bertz CT molecular complexity index is 825. The fourth-order valence-corrected chi connectivity index (χ4v) is 2.24. The Balaban J connectivity index is 2.11. The smallest absolute Gasteiger partial charge is 0.263 e. The molecule has 100 valence electrons. The number of rotatable bonds is 2. The monoisotopic (exact) mass is 285 g/mol. The van der Waals surface area contributed by atoms with E-state index in [2.05, 4.69) is 9.97 Å². The lowest BCUT2D eigenvalue weighted by molar-refractivity contribution is 0.711. The highest BCUT2D eigenvalue weighted by molar-refractivity contribution is 6.30. The van der Waals surface area contributed by atoms with Crippen LogP contribution in [0.2, 0.25) is 5.02 Å². The number of benzene rings is 1. The normalized spacial score (nSPS) is 10.9. The molecule has 2 heterocycles. The zero-order chi connectivity index (χ0) is 14.1. The van der Waals surface area contributed by atoms with Crippen molar-refractivity contribution in [3.63, 3.8) is 0 Å². The minimum Gasteiger partial charge on any atom is -0.292 e. The molecule has 0 bridgehead atoms. The van der Waals surface area contributed by atoms with E-state index in [-0.39, 0.29) is 5.56 Å². The number of halogens is 1. The molecule has 0 saturated heterocycles. The SMILES string of the molecule is Cc1nc2ncccc2c(=O)n1Cc1ccc(Cl)cc1. The van der Waals surface area contributed by atoms with Gasteiger partial charge in [-0.3, -0.25) is 9.36 Å². The third kappa shape index (κ3) is 2.30. The molecule has 0 atom stereocenters. The van der Waals surface area contributed by atoms with Crippen LogP contribution in [0, 0.1) is 6.92 Å². The Labute approximate surface area is 120 Å². The maximum atomic E-state index is 12.5. The second kappa shape index (κ2) is 5.06. The highest BCUT2D eigenvalue weighted by atomic mass is 35.5. The van der Waals surface area contributed by atoms with Gasteiger partial charge in [-0.05, 0) is 36.8 Å². The zero-order valence-corrected chi connectivity index (χ0v) is 11.6. The van der Waals surface area contributed by atoms with Gasteiger partial charge < -0.3 is 0 Å². The molecule has 0 spiro atoms. The van der Waals surface area contributed by atoms with Crippen LogP contribution in [0.4, 0.5) is 0 Å². The molecule has 4 nitrogen and oxygen atoms in total. The number of pyridine rings is 1. The minimum atomic E-state index is -0.0736. The summed E-state index contributed by atoms with van der Waals surface area (Å²) < 4.78 is 1.65. The summed E-state index contributed by atoms with van der Waals surface area (Å²) in [4.78, 5) is 21.0. The lowest BCUT2D eigenvalue weighted by Gasteiger charge is -2.10. The van der Waals surface area contributed by atoms with Crippen molar-refractivity contribution in [2.24, 2.45) is 0 Å². The molecule has 0 N–H and O–H groups in total. The summed E-state index contributed by atoms with van der Waals surface area (Å²) in [6, 6.07) is 10.9. The molecule has 2 aromatic heterocycles. The Hall–Kier alpha value is -2.20. The van der Waals surface area contributed by atoms with Crippen molar-refractivity contribution >= 4 is 22.6 Å². The van der Waals surface area contributed by atoms with Gasteiger partial charge in [0.2, 0.25) is 0 Å². The molecular formula is C15H12ClN3O. The number of hydrogen-bond acceptors (Lipinski definition) is 3. The lowest BCUT2D eigenvalue weighted by Crippen LogP contribution is -2.24. The first-order valence-electron chi connectivity index (χ1n) is 6.22. The molecule has 0 amide bonds. The van der Waals surface area contributed by atoms with Crippen LogP contribution >= 0.6 is 11.6 Å². The van der Waals surface area contributed by atoms with Crippen LogP contribution in [0.25, 0.3) is 11.0 Å². The van der Waals surface area contributed by atoms with Gasteiger partial charge in [-0.15, -0.1) is 0 Å². The van der Waals surface area contributed by atoms with Crippen molar-refractivity contribution in [2.45, 2.75) is 13.5 Å². The first kappa shape index (κ1) is 12.8. The van der Waals surface area contributed by atoms with Gasteiger partial charge in [-0.2, -0.15) is 0 Å². The van der Waals surface area contributed by atoms with Gasteiger partial charge in [0.25, 0.3) is 5.56 Å². The van der Waals surface area contributed by atoms with E-state index in [0.29, 0.717) is 28.4 Å². The molecule has 3 aromatic rings. The van der Waals surface area contributed by atoms with Crippen LogP contribution < -0.4 is 5.56 Å². The van der Waals surface area contributed by atoms with E-state index >= 15 is 0 Å². The second-order valence-corrected chi connectivity index (χ2v) is 4.99. The van der Waals surface area contributed by atoms with Crippen molar-refractivity contribution in [2.75, 3.05) is 0 Å². The molecule has 20 heavy (non-hydrogen) atoms. The Morgan fingerprint density at radius 3 is 2.70 bits per heavy atom. The van der Waals surface area contributed by atoms with Gasteiger partial charge in [0, 0.05) is 11.2 Å². The maximum absolute atomic E-state index is 12.5. The third-order valence-electron chi connectivity index (χ3n) is 3.17.